The van der Waals surface area contributed by atoms with Crippen LogP contribution in [0.4, 0.5) is 5.69 Å². The number of nitrogens with zero attached hydrogens (tertiary/aromatic N) is 1. The summed E-state index contributed by atoms with van der Waals surface area (Å²) in [6.45, 7) is 1.12. The van der Waals surface area contributed by atoms with E-state index in [9.17, 15) is 4.21 Å². The summed E-state index contributed by atoms with van der Waals surface area (Å²) in [6, 6.07) is 13.7. The molecule has 2 unspecified atom stereocenters. The first kappa shape index (κ1) is 19.4. The van der Waals surface area contributed by atoms with Crippen LogP contribution in [0.15, 0.2) is 47.4 Å². The van der Waals surface area contributed by atoms with E-state index in [1.165, 1.54) is 0 Å². The first-order valence-electron chi connectivity index (χ1n) is 9.01. The van der Waals surface area contributed by atoms with E-state index < -0.39 is 11.0 Å². The summed E-state index contributed by atoms with van der Waals surface area (Å²) in [7, 11) is 0.558. The number of para-hydroxylation sites is 1. The van der Waals surface area contributed by atoms with Gasteiger partial charge in [0.2, 0.25) is 0 Å². The Balaban J connectivity index is 1.90. The molecule has 3 rings (SSSR count). The summed E-state index contributed by atoms with van der Waals surface area (Å²) >= 11 is 6.18. The van der Waals surface area contributed by atoms with E-state index in [1.807, 2.05) is 47.8 Å². The van der Waals surface area contributed by atoms with Gasteiger partial charge in [-0.1, -0.05) is 48.7 Å². The van der Waals surface area contributed by atoms with Crippen molar-refractivity contribution in [3.05, 3.63) is 58.6 Å². The second kappa shape index (κ2) is 9.00. The molecule has 4 nitrogen and oxygen atoms in total. The number of anilines is 1. The van der Waals surface area contributed by atoms with Crippen LogP contribution in [0.2, 0.25) is 5.02 Å². The standard InChI is InChI=1S/C20H25ClN2O2S/c1-23-18-9-5-4-8-16(18)20(22-12-6-2-3-7-13-24)17-11-10-15(21)14-19(17)26(23)25/h4-5,8-11,14,20,22,24H,2-3,6-7,12-13H2,1H3. The van der Waals surface area contributed by atoms with Gasteiger partial charge in [0.1, 0.15) is 0 Å². The molecule has 2 aromatic carbocycles. The number of halogens is 1. The minimum Gasteiger partial charge on any atom is -0.396 e. The molecular formula is C20H25ClN2O2S. The van der Waals surface area contributed by atoms with Gasteiger partial charge in [-0.25, -0.2) is 4.21 Å². The minimum absolute atomic E-state index is 0.0230. The fourth-order valence-electron chi connectivity index (χ4n) is 3.38. The van der Waals surface area contributed by atoms with Crippen LogP contribution in [-0.4, -0.2) is 29.5 Å². The molecule has 0 fully saturated rings. The predicted molar refractivity (Wildman–Crippen MR) is 108 cm³/mol. The number of rotatable bonds is 7. The fraction of sp³-hybridized carbons (Fsp3) is 0.400. The highest BCUT2D eigenvalue weighted by Gasteiger charge is 2.29. The molecule has 2 N–H and O–H groups in total. The maximum atomic E-state index is 13.1. The summed E-state index contributed by atoms with van der Waals surface area (Å²) < 4.78 is 14.9. The van der Waals surface area contributed by atoms with Gasteiger partial charge in [0.05, 0.1) is 16.6 Å². The first-order valence-corrected chi connectivity index (χ1v) is 10.5. The van der Waals surface area contributed by atoms with Gasteiger partial charge in [0.25, 0.3) is 0 Å². The molecule has 0 aromatic heterocycles. The van der Waals surface area contributed by atoms with Gasteiger partial charge in [-0.05, 0) is 48.7 Å². The zero-order valence-corrected chi connectivity index (χ0v) is 16.5. The number of hydrogen-bond donors (Lipinski definition) is 2. The lowest BCUT2D eigenvalue weighted by molar-refractivity contribution is 0.282. The van der Waals surface area contributed by atoms with Gasteiger partial charge in [-0.2, -0.15) is 0 Å². The molecule has 0 bridgehead atoms. The molecule has 140 valence electrons. The van der Waals surface area contributed by atoms with Gasteiger partial charge >= 0.3 is 0 Å². The van der Waals surface area contributed by atoms with E-state index in [4.69, 9.17) is 16.7 Å². The lowest BCUT2D eigenvalue weighted by Gasteiger charge is -2.22. The number of hydrogen-bond acceptors (Lipinski definition) is 3. The average molecular weight is 393 g/mol. The molecule has 1 heterocycles. The normalized spacial score (nSPS) is 19.0. The Kier molecular flexibility index (Phi) is 6.70. The third-order valence-corrected chi connectivity index (χ3v) is 6.40. The molecule has 0 saturated carbocycles. The second-order valence-electron chi connectivity index (χ2n) is 6.51. The van der Waals surface area contributed by atoms with Crippen molar-refractivity contribution in [2.24, 2.45) is 0 Å². The monoisotopic (exact) mass is 392 g/mol. The smallest absolute Gasteiger partial charge is 0.153 e. The van der Waals surface area contributed by atoms with E-state index in [0.29, 0.717) is 5.02 Å². The van der Waals surface area contributed by atoms with Crippen molar-refractivity contribution >= 4 is 28.3 Å². The molecule has 0 spiro atoms. The summed E-state index contributed by atoms with van der Waals surface area (Å²) in [5, 5.41) is 13.1. The van der Waals surface area contributed by atoms with Crippen LogP contribution >= 0.6 is 11.6 Å². The summed E-state index contributed by atoms with van der Waals surface area (Å²) in [5.74, 6) is 0. The van der Waals surface area contributed by atoms with Crippen LogP contribution in [-0.2, 0) is 11.0 Å². The van der Waals surface area contributed by atoms with E-state index in [0.717, 1.165) is 53.9 Å². The Hall–Kier alpha value is -1.40. The highest BCUT2D eigenvalue weighted by Crippen LogP contribution is 2.39. The number of aliphatic hydroxyl groups is 1. The second-order valence-corrected chi connectivity index (χ2v) is 8.43. The van der Waals surface area contributed by atoms with Gasteiger partial charge in [0.15, 0.2) is 11.0 Å². The fourth-order valence-corrected chi connectivity index (χ4v) is 4.87. The average Bonchev–Trinajstić information content (AvgIpc) is 2.74. The molecule has 0 amide bonds. The molecule has 6 heteroatoms. The van der Waals surface area contributed by atoms with Gasteiger partial charge in [0, 0.05) is 18.7 Å². The van der Waals surface area contributed by atoms with Gasteiger partial charge in [-0.15, -0.1) is 0 Å². The maximum absolute atomic E-state index is 13.1. The molecule has 0 saturated heterocycles. The van der Waals surface area contributed by atoms with E-state index in [1.54, 1.807) is 0 Å². The molecule has 0 radical (unpaired) electrons. The summed E-state index contributed by atoms with van der Waals surface area (Å²) in [6.07, 6.45) is 4.03. The van der Waals surface area contributed by atoms with Crippen LogP contribution in [0.1, 0.15) is 42.9 Å². The van der Waals surface area contributed by atoms with Crippen LogP contribution in [0, 0.1) is 0 Å². The minimum atomic E-state index is -1.30. The summed E-state index contributed by atoms with van der Waals surface area (Å²) in [4.78, 5) is 0.758. The lowest BCUT2D eigenvalue weighted by Crippen LogP contribution is -2.24. The quantitative estimate of drug-likeness (QED) is 0.699. The van der Waals surface area contributed by atoms with Crippen LogP contribution in [0.25, 0.3) is 0 Å². The van der Waals surface area contributed by atoms with E-state index in [-0.39, 0.29) is 12.6 Å². The third-order valence-electron chi connectivity index (χ3n) is 4.74. The predicted octanol–water partition coefficient (Wildman–Crippen LogP) is 4.04. The van der Waals surface area contributed by atoms with Gasteiger partial charge < -0.3 is 10.4 Å². The number of fused-ring (bicyclic) bond motifs is 2. The maximum Gasteiger partial charge on any atom is 0.153 e. The van der Waals surface area contributed by atoms with Crippen molar-refractivity contribution in [1.82, 2.24) is 5.32 Å². The van der Waals surface area contributed by atoms with E-state index in [2.05, 4.69) is 11.4 Å². The molecule has 1 aliphatic heterocycles. The third kappa shape index (κ3) is 4.12. The van der Waals surface area contributed by atoms with Crippen molar-refractivity contribution in [3.8, 4) is 0 Å². The Morgan fingerprint density at radius 1 is 1.12 bits per heavy atom. The van der Waals surface area contributed by atoms with Crippen molar-refractivity contribution in [2.45, 2.75) is 36.6 Å². The molecule has 2 aromatic rings. The van der Waals surface area contributed by atoms with Crippen LogP contribution < -0.4 is 9.62 Å². The number of nitrogens with one attached hydrogen (secondary N) is 1. The number of unbranched alkanes of at least 4 members (excludes halogenated alkanes) is 3. The Bertz CT molecular complexity index is 784. The SMILES string of the molecule is CN1c2ccccc2C(NCCCCCCO)c2ccc(Cl)cc2S1=O. The number of aliphatic hydroxyl groups excluding tert-OH is 1. The van der Waals surface area contributed by atoms with Gasteiger partial charge in [-0.3, -0.25) is 4.31 Å². The Labute approximate surface area is 162 Å². The largest absolute Gasteiger partial charge is 0.396 e. The lowest BCUT2D eigenvalue weighted by atomic mass is 9.96. The summed E-state index contributed by atoms with van der Waals surface area (Å²) in [5.41, 5.74) is 3.11. The zero-order valence-electron chi connectivity index (χ0n) is 15.0. The van der Waals surface area contributed by atoms with E-state index >= 15 is 0 Å². The van der Waals surface area contributed by atoms with Crippen molar-refractivity contribution in [1.29, 1.82) is 0 Å². The van der Waals surface area contributed by atoms with Crippen molar-refractivity contribution in [2.75, 3.05) is 24.5 Å². The highest BCUT2D eigenvalue weighted by atomic mass is 35.5. The Morgan fingerprint density at radius 2 is 1.88 bits per heavy atom. The number of benzene rings is 2. The molecule has 2 atom stereocenters. The van der Waals surface area contributed by atoms with Crippen LogP contribution in [0.3, 0.4) is 0 Å². The van der Waals surface area contributed by atoms with Crippen molar-refractivity contribution < 1.29 is 9.32 Å². The van der Waals surface area contributed by atoms with Crippen molar-refractivity contribution in [3.63, 3.8) is 0 Å². The molecular weight excluding hydrogens is 368 g/mol. The topological polar surface area (TPSA) is 52.6 Å². The molecule has 0 aliphatic carbocycles. The highest BCUT2D eigenvalue weighted by molar-refractivity contribution is 7.86. The molecule has 1 aliphatic rings. The Morgan fingerprint density at radius 3 is 2.69 bits per heavy atom. The first-order chi connectivity index (χ1) is 12.6. The molecule has 26 heavy (non-hydrogen) atoms. The zero-order chi connectivity index (χ0) is 18.5. The van der Waals surface area contributed by atoms with Crippen LogP contribution in [0.5, 0.6) is 0 Å².